The van der Waals surface area contributed by atoms with Gasteiger partial charge in [0.25, 0.3) is 0 Å². The van der Waals surface area contributed by atoms with Gasteiger partial charge in [-0.15, -0.1) is 0 Å². The van der Waals surface area contributed by atoms with Crippen LogP contribution in [0.4, 0.5) is 11.5 Å². The zero-order valence-corrected chi connectivity index (χ0v) is 22.7. The van der Waals surface area contributed by atoms with Gasteiger partial charge in [0.15, 0.2) is 5.78 Å². The highest BCUT2D eigenvalue weighted by Crippen LogP contribution is 2.36. The van der Waals surface area contributed by atoms with E-state index in [1.54, 1.807) is 6.92 Å². The lowest BCUT2D eigenvalue weighted by Gasteiger charge is -2.25. The first-order valence-corrected chi connectivity index (χ1v) is 13.0. The molecule has 1 aliphatic heterocycles. The molecular weight excluding hydrogens is 478 g/mol. The van der Waals surface area contributed by atoms with Crippen LogP contribution < -0.4 is 5.32 Å². The second kappa shape index (κ2) is 10.3. The molecule has 0 aliphatic carbocycles. The number of ketones is 1. The standard InChI is InChI=1S/C30H35N5O3/c1-6-21-22(26-16-31-28-15-19(2)11-13-35(26)28)7-9-24(29(21)20(3)36)32-27-10-8-23(25(33-27)17-34(4)5)30(37)12-14-38-18-30/h7-11,13,15-16,37H,6,12,14,17-18H2,1-5H3,(H,32,33)/t30-/m1/s1. The first-order valence-electron chi connectivity index (χ1n) is 13.0. The topological polar surface area (TPSA) is 92.0 Å². The smallest absolute Gasteiger partial charge is 0.162 e. The van der Waals surface area contributed by atoms with E-state index in [4.69, 9.17) is 9.72 Å². The van der Waals surface area contributed by atoms with Crippen LogP contribution in [0.3, 0.4) is 0 Å². The van der Waals surface area contributed by atoms with Crippen molar-refractivity contribution >= 4 is 22.9 Å². The van der Waals surface area contributed by atoms with Gasteiger partial charge < -0.3 is 20.1 Å². The second-order valence-electron chi connectivity index (χ2n) is 10.4. The molecule has 38 heavy (non-hydrogen) atoms. The summed E-state index contributed by atoms with van der Waals surface area (Å²) in [7, 11) is 3.95. The third-order valence-corrected chi connectivity index (χ3v) is 7.17. The maximum Gasteiger partial charge on any atom is 0.162 e. The molecule has 0 spiro atoms. The highest BCUT2D eigenvalue weighted by atomic mass is 16.5. The minimum absolute atomic E-state index is 0.0154. The number of anilines is 2. The first-order chi connectivity index (χ1) is 18.2. The number of ether oxygens (including phenoxy) is 1. The third kappa shape index (κ3) is 4.82. The first kappa shape index (κ1) is 26.0. The molecule has 0 saturated carbocycles. The van der Waals surface area contributed by atoms with Gasteiger partial charge in [-0.25, -0.2) is 9.97 Å². The molecule has 5 rings (SSSR count). The molecule has 1 aliphatic rings. The van der Waals surface area contributed by atoms with Crippen molar-refractivity contribution in [3.63, 3.8) is 0 Å². The van der Waals surface area contributed by atoms with Crippen LogP contribution >= 0.6 is 0 Å². The summed E-state index contributed by atoms with van der Waals surface area (Å²) in [4.78, 5) is 24.5. The maximum absolute atomic E-state index is 13.0. The van der Waals surface area contributed by atoms with Gasteiger partial charge >= 0.3 is 0 Å². The Balaban J connectivity index is 1.57. The fraction of sp³-hybridized carbons (Fsp3) is 0.367. The van der Waals surface area contributed by atoms with Crippen molar-refractivity contribution in [2.75, 3.05) is 32.6 Å². The average molecular weight is 514 g/mol. The van der Waals surface area contributed by atoms with Crippen LogP contribution in [0.25, 0.3) is 16.9 Å². The number of carbonyl (C=O) groups excluding carboxylic acids is 1. The van der Waals surface area contributed by atoms with E-state index in [-0.39, 0.29) is 12.4 Å². The Morgan fingerprint density at radius 3 is 2.74 bits per heavy atom. The number of imidazole rings is 1. The minimum atomic E-state index is -1.04. The Kier molecular flexibility index (Phi) is 7.05. The molecular formula is C30H35N5O3. The number of aromatic nitrogens is 3. The van der Waals surface area contributed by atoms with Gasteiger partial charge in [-0.05, 0) is 69.8 Å². The van der Waals surface area contributed by atoms with Crippen LogP contribution in [0.5, 0.6) is 0 Å². The van der Waals surface area contributed by atoms with Gasteiger partial charge in [-0.2, -0.15) is 0 Å². The molecule has 1 aromatic carbocycles. The van der Waals surface area contributed by atoms with Gasteiger partial charge in [-0.3, -0.25) is 9.20 Å². The molecule has 3 aromatic heterocycles. The van der Waals surface area contributed by atoms with Crippen LogP contribution in [-0.4, -0.2) is 57.5 Å². The molecule has 8 heteroatoms. The highest BCUT2D eigenvalue weighted by Gasteiger charge is 2.36. The van der Waals surface area contributed by atoms with Crippen molar-refractivity contribution in [2.24, 2.45) is 0 Å². The van der Waals surface area contributed by atoms with Crippen molar-refractivity contribution in [3.8, 4) is 11.3 Å². The normalized spacial score (nSPS) is 17.4. The molecule has 198 valence electrons. The van der Waals surface area contributed by atoms with E-state index in [9.17, 15) is 9.90 Å². The predicted octanol–water partition coefficient (Wildman–Crippen LogP) is 4.88. The molecule has 1 atom stereocenters. The summed E-state index contributed by atoms with van der Waals surface area (Å²) in [5.41, 5.74) is 6.82. The summed E-state index contributed by atoms with van der Waals surface area (Å²) in [6.07, 6.45) is 5.11. The van der Waals surface area contributed by atoms with Crippen LogP contribution in [0.2, 0.25) is 0 Å². The number of fused-ring (bicyclic) bond motifs is 1. The van der Waals surface area contributed by atoms with Crippen LogP contribution in [-0.2, 0) is 23.3 Å². The fourth-order valence-corrected chi connectivity index (χ4v) is 5.36. The number of nitrogens with one attached hydrogen (secondary N) is 1. The van der Waals surface area contributed by atoms with Crippen molar-refractivity contribution < 1.29 is 14.6 Å². The van der Waals surface area contributed by atoms with E-state index in [1.165, 1.54) is 0 Å². The Morgan fingerprint density at radius 2 is 2.05 bits per heavy atom. The zero-order chi connectivity index (χ0) is 27.0. The largest absolute Gasteiger partial charge is 0.383 e. The molecule has 8 nitrogen and oxygen atoms in total. The predicted molar refractivity (Wildman–Crippen MR) is 149 cm³/mol. The Morgan fingerprint density at radius 1 is 1.24 bits per heavy atom. The number of aliphatic hydroxyl groups is 1. The van der Waals surface area contributed by atoms with Gasteiger partial charge in [0.1, 0.15) is 17.1 Å². The van der Waals surface area contributed by atoms with Crippen molar-refractivity contribution in [2.45, 2.75) is 45.8 Å². The number of nitrogens with zero attached hydrogens (tertiary/aromatic N) is 4. The van der Waals surface area contributed by atoms with Gasteiger partial charge in [0, 0.05) is 42.5 Å². The Labute approximate surface area is 223 Å². The number of hydrogen-bond acceptors (Lipinski definition) is 7. The molecule has 1 fully saturated rings. The van der Waals surface area contributed by atoms with E-state index in [2.05, 4.69) is 27.7 Å². The number of aryl methyl sites for hydroxylation is 1. The average Bonchev–Trinajstić information content (AvgIpc) is 3.49. The molecule has 4 heterocycles. The minimum Gasteiger partial charge on any atom is -0.383 e. The summed E-state index contributed by atoms with van der Waals surface area (Å²) >= 11 is 0. The Bertz CT molecular complexity index is 1500. The number of Topliss-reactive ketones (excluding diaryl/α,β-unsaturated/α-hetero) is 1. The summed E-state index contributed by atoms with van der Waals surface area (Å²) in [5, 5.41) is 14.6. The van der Waals surface area contributed by atoms with Crippen molar-refractivity contribution in [1.29, 1.82) is 0 Å². The molecule has 1 saturated heterocycles. The third-order valence-electron chi connectivity index (χ3n) is 7.17. The lowest BCUT2D eigenvalue weighted by atomic mass is 9.91. The SMILES string of the molecule is CCc1c(-c2cnc3cc(C)ccn23)ccc(Nc2ccc([C@@]3(O)CCOC3)c(CN(C)C)n2)c1C(C)=O. The van der Waals surface area contributed by atoms with Crippen LogP contribution in [0, 0.1) is 6.92 Å². The molecule has 0 radical (unpaired) electrons. The summed E-state index contributed by atoms with van der Waals surface area (Å²) in [6.45, 7) is 7.07. The van der Waals surface area contributed by atoms with Crippen LogP contribution in [0.15, 0.2) is 48.8 Å². The molecule has 4 aromatic rings. The highest BCUT2D eigenvalue weighted by molar-refractivity contribution is 6.03. The maximum atomic E-state index is 13.0. The number of pyridine rings is 2. The van der Waals surface area contributed by atoms with Gasteiger partial charge in [0.2, 0.25) is 0 Å². The Hall–Kier alpha value is -3.59. The zero-order valence-electron chi connectivity index (χ0n) is 22.7. The summed E-state index contributed by atoms with van der Waals surface area (Å²) < 4.78 is 7.55. The number of hydrogen-bond donors (Lipinski definition) is 2. The quantitative estimate of drug-likeness (QED) is 0.324. The van der Waals surface area contributed by atoms with E-state index >= 15 is 0 Å². The van der Waals surface area contributed by atoms with E-state index in [0.29, 0.717) is 43.1 Å². The van der Waals surface area contributed by atoms with Gasteiger partial charge in [-0.1, -0.05) is 19.1 Å². The molecule has 2 N–H and O–H groups in total. The number of rotatable bonds is 8. The van der Waals surface area contributed by atoms with Gasteiger partial charge in [0.05, 0.1) is 29.9 Å². The summed E-state index contributed by atoms with van der Waals surface area (Å²) in [6, 6.07) is 11.9. The van der Waals surface area contributed by atoms with E-state index in [0.717, 1.165) is 39.3 Å². The van der Waals surface area contributed by atoms with E-state index in [1.807, 2.05) is 68.6 Å². The molecule has 0 bridgehead atoms. The van der Waals surface area contributed by atoms with Crippen molar-refractivity contribution in [3.05, 3.63) is 76.7 Å². The summed E-state index contributed by atoms with van der Waals surface area (Å²) in [5.74, 6) is 0.606. The molecule has 0 unspecified atom stereocenters. The lowest BCUT2D eigenvalue weighted by molar-refractivity contribution is 0.0217. The molecule has 0 amide bonds. The van der Waals surface area contributed by atoms with E-state index < -0.39 is 5.60 Å². The lowest BCUT2D eigenvalue weighted by Crippen LogP contribution is -2.29. The second-order valence-corrected chi connectivity index (χ2v) is 10.4. The monoisotopic (exact) mass is 513 g/mol. The van der Waals surface area contributed by atoms with Crippen LogP contribution in [0.1, 0.15) is 53.0 Å². The fourth-order valence-electron chi connectivity index (χ4n) is 5.36. The van der Waals surface area contributed by atoms with Crippen molar-refractivity contribution in [1.82, 2.24) is 19.3 Å². The number of benzene rings is 1. The number of carbonyl (C=O) groups is 1.